The van der Waals surface area contributed by atoms with Gasteiger partial charge >= 0.3 is 12.1 Å². The van der Waals surface area contributed by atoms with Crippen molar-refractivity contribution in [1.82, 2.24) is 28.8 Å². The first kappa shape index (κ1) is 47.8. The number of ether oxygens (including phenoxy) is 2. The van der Waals surface area contributed by atoms with Gasteiger partial charge in [-0.05, 0) is 80.5 Å². The minimum Gasteiger partial charge on any atom is -0.457 e. The summed E-state index contributed by atoms with van der Waals surface area (Å²) in [6, 6.07) is 4.63. The maximum absolute atomic E-state index is 15.2. The lowest BCUT2D eigenvalue weighted by atomic mass is 9.91. The molecule has 6 rings (SSSR count). The Labute approximate surface area is 370 Å². The van der Waals surface area contributed by atoms with E-state index in [1.807, 2.05) is 37.0 Å². The summed E-state index contributed by atoms with van der Waals surface area (Å²) in [5.74, 6) is -1.68. The van der Waals surface area contributed by atoms with E-state index in [1.54, 1.807) is 24.9 Å². The summed E-state index contributed by atoms with van der Waals surface area (Å²) < 4.78 is 56.4. The molecule has 3 saturated heterocycles. The summed E-state index contributed by atoms with van der Waals surface area (Å²) in [6.07, 6.45) is 10.6. The topological polar surface area (TPSA) is 175 Å². The van der Waals surface area contributed by atoms with Crippen LogP contribution in [0.1, 0.15) is 84.1 Å². The van der Waals surface area contributed by atoms with Gasteiger partial charge < -0.3 is 24.4 Å². The summed E-state index contributed by atoms with van der Waals surface area (Å²) in [6.45, 7) is 10.7. The van der Waals surface area contributed by atoms with Gasteiger partial charge in [-0.3, -0.25) is 28.9 Å². The fourth-order valence-electron chi connectivity index (χ4n) is 8.70. The van der Waals surface area contributed by atoms with Gasteiger partial charge in [0, 0.05) is 96.6 Å². The van der Waals surface area contributed by atoms with Crippen molar-refractivity contribution in [3.8, 4) is 0 Å². The van der Waals surface area contributed by atoms with Crippen LogP contribution in [0.4, 0.5) is 14.9 Å². The summed E-state index contributed by atoms with van der Waals surface area (Å²) in [7, 11) is -2.05. The zero-order chi connectivity index (χ0) is 45.3. The molecule has 346 valence electrons. The van der Waals surface area contributed by atoms with E-state index in [-0.39, 0.29) is 48.1 Å². The number of aryl methyl sites for hydroxylation is 1. The first-order valence-corrected chi connectivity index (χ1v) is 23.8. The smallest absolute Gasteiger partial charge is 0.410 e. The summed E-state index contributed by atoms with van der Waals surface area (Å²) in [5.41, 5.74) is 1.78. The molecule has 3 amide bonds. The minimum absolute atomic E-state index is 0.0647. The molecule has 63 heavy (non-hydrogen) atoms. The maximum Gasteiger partial charge on any atom is 0.410 e. The lowest BCUT2D eigenvalue weighted by Gasteiger charge is -2.35. The number of piperazine rings is 2. The van der Waals surface area contributed by atoms with Crippen LogP contribution < -0.4 is 4.90 Å². The Morgan fingerprint density at radius 2 is 1.60 bits per heavy atom. The molecule has 1 aromatic carbocycles. The number of rotatable bonds is 13. The minimum atomic E-state index is -3.71. The third-order valence-corrected chi connectivity index (χ3v) is 14.4. The van der Waals surface area contributed by atoms with Gasteiger partial charge in [0.2, 0.25) is 21.8 Å². The number of aromatic nitrogens is 2. The number of esters is 1. The summed E-state index contributed by atoms with van der Waals surface area (Å²) in [4.78, 5) is 57.8. The largest absolute Gasteiger partial charge is 0.457 e. The Morgan fingerprint density at radius 1 is 0.921 bits per heavy atom. The highest BCUT2D eigenvalue weighted by molar-refractivity contribution is 7.89. The number of likely N-dealkylation sites (tertiary alicyclic amines) is 1. The average molecular weight is 898 g/mol. The number of anilines is 1. The van der Waals surface area contributed by atoms with Gasteiger partial charge in [0.05, 0.1) is 18.7 Å². The van der Waals surface area contributed by atoms with Gasteiger partial charge in [-0.2, -0.15) is 9.40 Å². The number of unbranched alkanes of at least 4 members (excludes halogenated alkanes) is 3. The van der Waals surface area contributed by atoms with Crippen molar-refractivity contribution in [3.63, 3.8) is 0 Å². The second-order valence-corrected chi connectivity index (χ2v) is 19.4. The fourth-order valence-corrected chi connectivity index (χ4v) is 10.1. The van der Waals surface area contributed by atoms with Crippen LogP contribution in [0.5, 0.6) is 0 Å². The quantitative estimate of drug-likeness (QED) is 0.128. The van der Waals surface area contributed by atoms with Crippen LogP contribution in [0.25, 0.3) is 6.08 Å². The number of aliphatic hydroxyl groups excluding tert-OH is 1. The molecule has 3 fully saturated rings. The van der Waals surface area contributed by atoms with E-state index in [4.69, 9.17) is 9.47 Å². The third kappa shape index (κ3) is 13.0. The molecule has 2 aromatic rings. The molecule has 0 bridgehead atoms. The van der Waals surface area contributed by atoms with Crippen molar-refractivity contribution in [1.29, 1.82) is 0 Å². The Morgan fingerprint density at radius 3 is 2.27 bits per heavy atom. The van der Waals surface area contributed by atoms with E-state index in [0.717, 1.165) is 45.3 Å². The number of carbonyl (C=O) groups is 4. The molecular weight excluding hydrogens is 834 g/mol. The van der Waals surface area contributed by atoms with Crippen LogP contribution in [0.15, 0.2) is 53.2 Å². The maximum atomic E-state index is 15.2. The Hall–Kier alpha value is -4.65. The molecule has 4 aliphatic rings. The number of carbonyl (C=O) groups excluding carboxylic acids is 4. The van der Waals surface area contributed by atoms with Crippen molar-refractivity contribution < 1.29 is 46.6 Å². The van der Waals surface area contributed by atoms with E-state index >= 15 is 4.39 Å². The zero-order valence-corrected chi connectivity index (χ0v) is 37.9. The van der Waals surface area contributed by atoms with Crippen LogP contribution in [-0.2, 0) is 40.9 Å². The molecule has 5 atom stereocenters. The second kappa shape index (κ2) is 21.8. The number of imide groups is 1. The van der Waals surface area contributed by atoms with Crippen molar-refractivity contribution >= 4 is 45.7 Å². The zero-order valence-electron chi connectivity index (χ0n) is 37.1. The normalized spacial score (nSPS) is 25.7. The fraction of sp³-hybridized carbons (Fsp3) is 0.622. The average Bonchev–Trinajstić information content (AvgIpc) is 3.84. The monoisotopic (exact) mass is 897 g/mol. The Kier molecular flexibility index (Phi) is 16.6. The first-order chi connectivity index (χ1) is 30.1. The van der Waals surface area contributed by atoms with Gasteiger partial charge in [-0.15, -0.1) is 0 Å². The highest BCUT2D eigenvalue weighted by atomic mass is 32.2. The molecule has 0 spiro atoms. The number of hydrogen-bond acceptors (Lipinski definition) is 12. The highest BCUT2D eigenvalue weighted by Crippen LogP contribution is 2.29. The molecule has 1 N–H and O–H groups in total. The van der Waals surface area contributed by atoms with Gasteiger partial charge in [0.15, 0.2) is 0 Å². The number of cyclic esters (lactones) is 1. The van der Waals surface area contributed by atoms with E-state index in [2.05, 4.69) is 10.00 Å². The van der Waals surface area contributed by atoms with Crippen molar-refractivity contribution in [2.24, 2.45) is 18.9 Å². The molecule has 0 aliphatic carbocycles. The predicted molar refractivity (Wildman–Crippen MR) is 234 cm³/mol. The highest BCUT2D eigenvalue weighted by Gasteiger charge is 2.32. The number of amides is 3. The Bertz CT molecular complexity index is 2080. The van der Waals surface area contributed by atoms with E-state index in [0.29, 0.717) is 75.2 Å². The molecule has 18 heteroatoms. The second-order valence-electron chi connectivity index (χ2n) is 17.5. The van der Waals surface area contributed by atoms with Crippen LogP contribution in [-0.4, -0.2) is 150 Å². The number of hydrogen-bond donors (Lipinski definition) is 1. The van der Waals surface area contributed by atoms with Crippen molar-refractivity contribution in [2.75, 3.05) is 70.3 Å². The van der Waals surface area contributed by atoms with Gasteiger partial charge in [-0.25, -0.2) is 17.6 Å². The number of sulfonamides is 1. The molecule has 5 heterocycles. The lowest BCUT2D eigenvalue weighted by Crippen LogP contribution is -2.49. The molecule has 4 aliphatic heterocycles. The van der Waals surface area contributed by atoms with Crippen LogP contribution in [0.3, 0.4) is 0 Å². The van der Waals surface area contributed by atoms with Crippen LogP contribution >= 0.6 is 0 Å². The molecular formula is C45H64FN7O9S. The molecule has 1 aromatic heterocycles. The predicted octanol–water partition coefficient (Wildman–Crippen LogP) is 4.59. The Balaban J connectivity index is 1.04. The van der Waals surface area contributed by atoms with Crippen LogP contribution in [0, 0.1) is 17.7 Å². The van der Waals surface area contributed by atoms with E-state index in [1.165, 1.54) is 38.4 Å². The SMILES string of the molecule is C/C(=C\c1cc(F)cc(N2CCN(S(=O)(=O)c3cnn(C)c3)CC2)c1)[C@H]1OC(=O)C[C@H](O)CC[C@H](C)[C@@H](OC(=O)N2CCN(CCCCCCN3C(=O)CCC3=O)CC2)/C=C/[C@@H]1C. The number of benzene rings is 1. The van der Waals surface area contributed by atoms with Crippen molar-refractivity contribution in [2.45, 2.75) is 102 Å². The standard InChI is InChI=1S/C45H64FN7O9S/c1-32-9-11-38(54)29-43(57)62-44(34(3)25-35-26-36(46)28-37(27-35)50-21-23-52(24-22-50)63(59,60)39-30-47-48(4)31-39)33(2)10-12-40(32)61-45(58)51-19-17-49(18-20-51)15-7-5-6-8-16-53-41(55)13-14-42(53)56/h10,12,25-28,30-33,38,40,44,54H,5-9,11,13-24,29H2,1-4H3/b12-10+,34-25+/t32-,33-,38+,40-,44-/m0/s1. The van der Waals surface area contributed by atoms with Gasteiger partial charge in [0.25, 0.3) is 0 Å². The lowest BCUT2D eigenvalue weighted by molar-refractivity contribution is -0.151. The molecule has 0 saturated carbocycles. The van der Waals surface area contributed by atoms with E-state index in [9.17, 15) is 32.7 Å². The number of nitrogens with zero attached hydrogens (tertiary/aromatic N) is 7. The first-order valence-electron chi connectivity index (χ1n) is 22.4. The van der Waals surface area contributed by atoms with Crippen LogP contribution in [0.2, 0.25) is 0 Å². The number of aliphatic hydroxyl groups is 1. The molecule has 0 unspecified atom stereocenters. The van der Waals surface area contributed by atoms with Gasteiger partial charge in [0.1, 0.15) is 22.9 Å². The summed E-state index contributed by atoms with van der Waals surface area (Å²) >= 11 is 0. The van der Waals surface area contributed by atoms with Crippen molar-refractivity contribution in [3.05, 3.63) is 59.7 Å². The third-order valence-electron chi connectivity index (χ3n) is 12.6. The molecule has 0 radical (unpaired) electrons. The number of halogens is 1. The van der Waals surface area contributed by atoms with Gasteiger partial charge in [-0.1, -0.05) is 38.8 Å². The molecule has 16 nitrogen and oxygen atoms in total. The van der Waals surface area contributed by atoms with E-state index < -0.39 is 46.2 Å². The summed E-state index contributed by atoms with van der Waals surface area (Å²) in [5, 5.41) is 14.8.